The lowest BCUT2D eigenvalue weighted by Crippen LogP contribution is -2.35. The van der Waals surface area contributed by atoms with Crippen LogP contribution in [0, 0.1) is 0 Å². The Balaban J connectivity index is 1.79. The van der Waals surface area contributed by atoms with E-state index in [2.05, 4.69) is 12.1 Å². The van der Waals surface area contributed by atoms with Gasteiger partial charge in [-0.25, -0.2) is 0 Å². The van der Waals surface area contributed by atoms with E-state index in [0.717, 1.165) is 11.1 Å². The molecule has 2 heteroatoms. The Labute approximate surface area is 189 Å². The quantitative estimate of drug-likeness (QED) is 0.283. The van der Waals surface area contributed by atoms with E-state index in [1.165, 1.54) is 0 Å². The highest BCUT2D eigenvalue weighted by atomic mass is 16.1. The zero-order chi connectivity index (χ0) is 22.2. The van der Waals surface area contributed by atoms with Crippen LogP contribution in [0.4, 0.5) is 0 Å². The van der Waals surface area contributed by atoms with Gasteiger partial charge in [0.2, 0.25) is 0 Å². The van der Waals surface area contributed by atoms with Gasteiger partial charge in [-0.05, 0) is 17.5 Å². The molecule has 0 N–H and O–H groups in total. The summed E-state index contributed by atoms with van der Waals surface area (Å²) in [5, 5.41) is 0. The Morgan fingerprint density at radius 2 is 0.875 bits per heavy atom. The molecule has 0 fully saturated rings. The van der Waals surface area contributed by atoms with Crippen LogP contribution in [0.1, 0.15) is 44.7 Å². The predicted molar refractivity (Wildman–Crippen MR) is 129 cm³/mol. The number of rotatable bonds is 9. The van der Waals surface area contributed by atoms with E-state index in [4.69, 9.17) is 0 Å². The Morgan fingerprint density at radius 3 is 1.31 bits per heavy atom. The standard InChI is InChI=1S/C30H26O2/c31-28(25-15-7-2-8-16-25)22-30(27-19-11-4-12-20-27,21-24-13-5-1-6-14-24)23-29(32)26-17-9-3-10-18-26/h1-20H,21-23H2. The summed E-state index contributed by atoms with van der Waals surface area (Å²) in [6.45, 7) is 0. The van der Waals surface area contributed by atoms with Gasteiger partial charge < -0.3 is 0 Å². The summed E-state index contributed by atoms with van der Waals surface area (Å²) in [4.78, 5) is 26.9. The van der Waals surface area contributed by atoms with Crippen LogP contribution in [-0.4, -0.2) is 11.6 Å². The van der Waals surface area contributed by atoms with Crippen molar-refractivity contribution in [3.63, 3.8) is 0 Å². The largest absolute Gasteiger partial charge is 0.294 e. The Hall–Kier alpha value is -3.78. The summed E-state index contributed by atoms with van der Waals surface area (Å²) < 4.78 is 0. The van der Waals surface area contributed by atoms with Gasteiger partial charge in [0.05, 0.1) is 0 Å². The molecule has 158 valence electrons. The van der Waals surface area contributed by atoms with Crippen LogP contribution < -0.4 is 0 Å². The molecule has 0 aliphatic rings. The van der Waals surface area contributed by atoms with Gasteiger partial charge in [-0.3, -0.25) is 9.59 Å². The van der Waals surface area contributed by atoms with E-state index in [1.54, 1.807) is 0 Å². The molecular formula is C30H26O2. The second-order valence-corrected chi connectivity index (χ2v) is 8.24. The van der Waals surface area contributed by atoms with Gasteiger partial charge in [0, 0.05) is 29.4 Å². The normalized spacial score (nSPS) is 11.1. The summed E-state index contributed by atoms with van der Waals surface area (Å²) in [5.41, 5.74) is 2.82. The third-order valence-electron chi connectivity index (χ3n) is 5.96. The maximum absolute atomic E-state index is 13.4. The lowest BCUT2D eigenvalue weighted by Gasteiger charge is -2.34. The highest BCUT2D eigenvalue weighted by Crippen LogP contribution is 2.38. The average molecular weight is 419 g/mol. The minimum Gasteiger partial charge on any atom is -0.294 e. The van der Waals surface area contributed by atoms with Gasteiger partial charge in [0.15, 0.2) is 11.6 Å². The van der Waals surface area contributed by atoms with E-state index < -0.39 is 5.41 Å². The monoisotopic (exact) mass is 418 g/mol. The Kier molecular flexibility index (Phi) is 6.72. The van der Waals surface area contributed by atoms with Crippen molar-refractivity contribution in [2.24, 2.45) is 0 Å². The second-order valence-electron chi connectivity index (χ2n) is 8.24. The van der Waals surface area contributed by atoms with Crippen LogP contribution in [0.25, 0.3) is 0 Å². The van der Waals surface area contributed by atoms with Gasteiger partial charge in [0.25, 0.3) is 0 Å². The molecular weight excluding hydrogens is 392 g/mol. The van der Waals surface area contributed by atoms with E-state index in [-0.39, 0.29) is 24.4 Å². The molecule has 0 aromatic heterocycles. The summed E-state index contributed by atoms with van der Waals surface area (Å²) in [6.07, 6.45) is 1.12. The fraction of sp³-hybridized carbons (Fsp3) is 0.133. The molecule has 0 heterocycles. The first-order chi connectivity index (χ1) is 15.7. The highest BCUT2D eigenvalue weighted by molar-refractivity contribution is 6.00. The first-order valence-corrected chi connectivity index (χ1v) is 10.9. The average Bonchev–Trinajstić information content (AvgIpc) is 2.86. The molecule has 0 aliphatic carbocycles. The van der Waals surface area contributed by atoms with Gasteiger partial charge in [-0.1, -0.05) is 121 Å². The van der Waals surface area contributed by atoms with Crippen LogP contribution in [0.2, 0.25) is 0 Å². The third kappa shape index (κ3) is 5.09. The van der Waals surface area contributed by atoms with Crippen molar-refractivity contribution in [2.75, 3.05) is 0 Å². The van der Waals surface area contributed by atoms with Gasteiger partial charge in [-0.15, -0.1) is 0 Å². The molecule has 2 nitrogen and oxygen atoms in total. The number of Topliss-reactive ketones (excluding diaryl/α,β-unsaturated/α-hetero) is 2. The molecule has 0 amide bonds. The molecule has 4 rings (SSSR count). The Bertz CT molecular complexity index is 1100. The zero-order valence-electron chi connectivity index (χ0n) is 18.0. The maximum atomic E-state index is 13.4. The van der Waals surface area contributed by atoms with Crippen molar-refractivity contribution in [1.82, 2.24) is 0 Å². The summed E-state index contributed by atoms with van der Waals surface area (Å²) in [6, 6.07) is 38.9. The molecule has 0 bridgehead atoms. The molecule has 0 unspecified atom stereocenters. The van der Waals surface area contributed by atoms with Gasteiger partial charge in [-0.2, -0.15) is 0 Å². The zero-order valence-corrected chi connectivity index (χ0v) is 18.0. The van der Waals surface area contributed by atoms with Gasteiger partial charge >= 0.3 is 0 Å². The first kappa shape index (κ1) is 21.5. The van der Waals surface area contributed by atoms with Crippen molar-refractivity contribution in [1.29, 1.82) is 0 Å². The first-order valence-electron chi connectivity index (χ1n) is 10.9. The van der Waals surface area contributed by atoms with Crippen molar-refractivity contribution in [3.8, 4) is 0 Å². The third-order valence-corrected chi connectivity index (χ3v) is 5.96. The molecule has 32 heavy (non-hydrogen) atoms. The molecule has 0 atom stereocenters. The number of carbonyl (C=O) groups is 2. The lowest BCUT2D eigenvalue weighted by molar-refractivity contribution is 0.0897. The predicted octanol–water partition coefficient (Wildman–Crippen LogP) is 6.71. The number of benzene rings is 4. The summed E-state index contributed by atoms with van der Waals surface area (Å²) >= 11 is 0. The number of carbonyl (C=O) groups excluding carboxylic acids is 2. The van der Waals surface area contributed by atoms with E-state index in [0.29, 0.717) is 17.5 Å². The van der Waals surface area contributed by atoms with Crippen LogP contribution in [0.15, 0.2) is 121 Å². The molecule has 0 saturated heterocycles. The minimum atomic E-state index is -0.650. The number of ketones is 2. The van der Waals surface area contributed by atoms with E-state index in [9.17, 15) is 9.59 Å². The van der Waals surface area contributed by atoms with Crippen molar-refractivity contribution >= 4 is 11.6 Å². The molecule has 0 aliphatic heterocycles. The van der Waals surface area contributed by atoms with Crippen molar-refractivity contribution in [3.05, 3.63) is 144 Å². The SMILES string of the molecule is O=C(CC(CC(=O)c1ccccc1)(Cc1ccccc1)c1ccccc1)c1ccccc1. The van der Waals surface area contributed by atoms with Crippen LogP contribution in [0.5, 0.6) is 0 Å². The van der Waals surface area contributed by atoms with E-state index in [1.807, 2.05) is 109 Å². The fourth-order valence-electron chi connectivity index (χ4n) is 4.34. The fourth-order valence-corrected chi connectivity index (χ4v) is 4.34. The lowest BCUT2D eigenvalue weighted by atomic mass is 9.68. The molecule has 0 radical (unpaired) electrons. The van der Waals surface area contributed by atoms with Crippen molar-refractivity contribution in [2.45, 2.75) is 24.7 Å². The molecule has 4 aromatic carbocycles. The molecule has 0 saturated carbocycles. The highest BCUT2D eigenvalue weighted by Gasteiger charge is 2.37. The summed E-state index contributed by atoms with van der Waals surface area (Å²) in [7, 11) is 0. The topological polar surface area (TPSA) is 34.1 Å². The minimum absolute atomic E-state index is 0.0474. The number of hydrogen-bond donors (Lipinski definition) is 0. The van der Waals surface area contributed by atoms with Crippen LogP contribution in [-0.2, 0) is 11.8 Å². The maximum Gasteiger partial charge on any atom is 0.163 e. The molecule has 0 spiro atoms. The smallest absolute Gasteiger partial charge is 0.163 e. The second kappa shape index (κ2) is 10.0. The van der Waals surface area contributed by atoms with Crippen LogP contribution in [0.3, 0.4) is 0 Å². The number of hydrogen-bond acceptors (Lipinski definition) is 2. The van der Waals surface area contributed by atoms with E-state index >= 15 is 0 Å². The van der Waals surface area contributed by atoms with Gasteiger partial charge in [0.1, 0.15) is 0 Å². The summed E-state index contributed by atoms with van der Waals surface area (Å²) in [5.74, 6) is 0.0949. The van der Waals surface area contributed by atoms with Crippen molar-refractivity contribution < 1.29 is 9.59 Å². The van der Waals surface area contributed by atoms with Crippen LogP contribution >= 0.6 is 0 Å². The Morgan fingerprint density at radius 1 is 0.500 bits per heavy atom. The molecule has 4 aromatic rings.